The van der Waals surface area contributed by atoms with E-state index in [0.29, 0.717) is 0 Å². The van der Waals surface area contributed by atoms with E-state index in [4.69, 9.17) is 32.5 Å². The predicted molar refractivity (Wildman–Crippen MR) is 74.2 cm³/mol. The molecule has 0 saturated heterocycles. The van der Waals surface area contributed by atoms with Crippen molar-refractivity contribution < 1.29 is 17.7 Å². The summed E-state index contributed by atoms with van der Waals surface area (Å²) >= 11 is 11.9. The second-order valence-electron chi connectivity index (χ2n) is 4.38. The van der Waals surface area contributed by atoms with E-state index in [1.807, 2.05) is 0 Å². The minimum atomic E-state index is -4.19. The van der Waals surface area contributed by atoms with Gasteiger partial charge in [-0.15, -0.1) is 0 Å². The van der Waals surface area contributed by atoms with Crippen molar-refractivity contribution in [3.8, 4) is 0 Å². The standard InChI is InChI=1S/C11H15Cl2NO4S/c1-6(2)11(18-19(14,16)17)10(15)9-7(12)4-3-5-8(9)13/h3-6,10-11,15H,1-2H3,(H2,14,16,17)/t10-,11-/m0/s1. The smallest absolute Gasteiger partial charge is 0.333 e. The van der Waals surface area contributed by atoms with Crippen LogP contribution in [0.1, 0.15) is 25.5 Å². The topological polar surface area (TPSA) is 89.6 Å². The van der Waals surface area contributed by atoms with Crippen LogP contribution in [0, 0.1) is 5.92 Å². The van der Waals surface area contributed by atoms with Gasteiger partial charge >= 0.3 is 10.3 Å². The second-order valence-corrected chi connectivity index (χ2v) is 6.37. The Bertz CT molecular complexity index is 527. The summed E-state index contributed by atoms with van der Waals surface area (Å²) in [7, 11) is -4.19. The van der Waals surface area contributed by atoms with Gasteiger partial charge in [0.15, 0.2) is 0 Å². The number of hydrogen-bond acceptors (Lipinski definition) is 4. The van der Waals surface area contributed by atoms with Gasteiger partial charge in [-0.1, -0.05) is 43.1 Å². The molecule has 0 radical (unpaired) electrons. The van der Waals surface area contributed by atoms with Gasteiger partial charge in [-0.2, -0.15) is 8.42 Å². The van der Waals surface area contributed by atoms with Crippen LogP contribution in [0.2, 0.25) is 10.0 Å². The highest BCUT2D eigenvalue weighted by Gasteiger charge is 2.31. The van der Waals surface area contributed by atoms with Crippen molar-refractivity contribution in [2.24, 2.45) is 11.1 Å². The molecule has 8 heteroatoms. The van der Waals surface area contributed by atoms with Crippen LogP contribution in [-0.4, -0.2) is 19.6 Å². The molecule has 0 fully saturated rings. The Balaban J connectivity index is 3.17. The number of hydrogen-bond donors (Lipinski definition) is 2. The summed E-state index contributed by atoms with van der Waals surface area (Å²) in [6.07, 6.45) is -2.38. The zero-order valence-electron chi connectivity index (χ0n) is 10.4. The fourth-order valence-electron chi connectivity index (χ4n) is 1.64. The van der Waals surface area contributed by atoms with Gasteiger partial charge in [0, 0.05) is 15.6 Å². The maximum Gasteiger partial charge on any atom is 0.333 e. The maximum atomic E-state index is 11.0. The zero-order chi connectivity index (χ0) is 14.8. The summed E-state index contributed by atoms with van der Waals surface area (Å²) in [5.41, 5.74) is 0.216. The molecule has 0 saturated carbocycles. The van der Waals surface area contributed by atoms with E-state index >= 15 is 0 Å². The van der Waals surface area contributed by atoms with Crippen LogP contribution in [0.25, 0.3) is 0 Å². The van der Waals surface area contributed by atoms with Crippen molar-refractivity contribution in [1.82, 2.24) is 0 Å². The summed E-state index contributed by atoms with van der Waals surface area (Å²) < 4.78 is 26.8. The molecular weight excluding hydrogens is 313 g/mol. The molecule has 1 aromatic rings. The van der Waals surface area contributed by atoms with Gasteiger partial charge in [-0.3, -0.25) is 4.18 Å². The number of aliphatic hydroxyl groups excluding tert-OH is 1. The largest absolute Gasteiger partial charge is 0.386 e. The lowest BCUT2D eigenvalue weighted by Crippen LogP contribution is -2.33. The lowest BCUT2D eigenvalue weighted by molar-refractivity contribution is 0.0120. The molecule has 0 aliphatic carbocycles. The molecule has 0 aliphatic heterocycles. The minimum absolute atomic E-state index is 0.216. The molecule has 1 rings (SSSR count). The van der Waals surface area contributed by atoms with Crippen molar-refractivity contribution in [2.75, 3.05) is 0 Å². The quantitative estimate of drug-likeness (QED) is 0.868. The summed E-state index contributed by atoms with van der Waals surface area (Å²) in [6, 6.07) is 4.70. The van der Waals surface area contributed by atoms with Gasteiger partial charge in [0.05, 0.1) is 0 Å². The summed E-state index contributed by atoms with van der Waals surface area (Å²) in [6.45, 7) is 3.37. The van der Waals surface area contributed by atoms with Crippen LogP contribution in [0.3, 0.4) is 0 Å². The molecule has 3 N–H and O–H groups in total. The fraction of sp³-hybridized carbons (Fsp3) is 0.455. The Morgan fingerprint density at radius 1 is 1.26 bits per heavy atom. The third-order valence-corrected chi connectivity index (χ3v) is 3.66. The zero-order valence-corrected chi connectivity index (χ0v) is 12.7. The van der Waals surface area contributed by atoms with Crippen LogP contribution in [0.5, 0.6) is 0 Å². The average Bonchev–Trinajstić information content (AvgIpc) is 2.23. The van der Waals surface area contributed by atoms with Crippen molar-refractivity contribution >= 4 is 33.5 Å². The number of halogens is 2. The molecule has 0 amide bonds. The van der Waals surface area contributed by atoms with Crippen molar-refractivity contribution in [2.45, 2.75) is 26.1 Å². The lowest BCUT2D eigenvalue weighted by atomic mass is 9.96. The first-order valence-electron chi connectivity index (χ1n) is 5.46. The first-order valence-corrected chi connectivity index (χ1v) is 7.69. The van der Waals surface area contributed by atoms with Gasteiger partial charge in [-0.25, -0.2) is 5.14 Å². The van der Waals surface area contributed by atoms with Crippen LogP contribution >= 0.6 is 23.2 Å². The third-order valence-electron chi connectivity index (χ3n) is 2.51. The van der Waals surface area contributed by atoms with Gasteiger partial charge < -0.3 is 5.11 Å². The Kier molecular flexibility index (Phi) is 5.61. The van der Waals surface area contributed by atoms with Crippen molar-refractivity contribution in [3.05, 3.63) is 33.8 Å². The number of rotatable bonds is 5. The first-order chi connectivity index (χ1) is 8.63. The highest BCUT2D eigenvalue weighted by Crippen LogP contribution is 2.35. The molecule has 19 heavy (non-hydrogen) atoms. The van der Waals surface area contributed by atoms with Gasteiger partial charge in [0.25, 0.3) is 0 Å². The monoisotopic (exact) mass is 327 g/mol. The summed E-state index contributed by atoms with van der Waals surface area (Å²) in [4.78, 5) is 0. The Morgan fingerprint density at radius 2 is 1.74 bits per heavy atom. The SMILES string of the molecule is CC(C)[C@H](OS(N)(=O)=O)[C@@H](O)c1c(Cl)cccc1Cl. The molecular formula is C11H15Cl2NO4S. The van der Waals surface area contributed by atoms with E-state index in [1.54, 1.807) is 32.0 Å². The van der Waals surface area contributed by atoms with E-state index in [2.05, 4.69) is 0 Å². The second kappa shape index (κ2) is 6.39. The van der Waals surface area contributed by atoms with E-state index < -0.39 is 22.5 Å². The minimum Gasteiger partial charge on any atom is -0.386 e. The molecule has 2 atom stereocenters. The van der Waals surface area contributed by atoms with Crippen LogP contribution in [0.15, 0.2) is 18.2 Å². The predicted octanol–water partition coefficient (Wildman–Crippen LogP) is 2.27. The Morgan fingerprint density at radius 3 is 2.11 bits per heavy atom. The molecule has 0 unspecified atom stereocenters. The Labute approximate surface area is 122 Å². The number of aliphatic hydroxyl groups is 1. The highest BCUT2D eigenvalue weighted by atomic mass is 35.5. The van der Waals surface area contributed by atoms with Crippen LogP contribution in [-0.2, 0) is 14.5 Å². The molecule has 0 spiro atoms. The molecule has 108 valence electrons. The lowest BCUT2D eigenvalue weighted by Gasteiger charge is -2.26. The summed E-state index contributed by atoms with van der Waals surface area (Å²) in [5.74, 6) is -0.319. The number of benzene rings is 1. The Hall–Kier alpha value is -0.370. The van der Waals surface area contributed by atoms with E-state index in [9.17, 15) is 13.5 Å². The molecule has 0 aromatic heterocycles. The van der Waals surface area contributed by atoms with Gasteiger partial charge in [-0.05, 0) is 18.1 Å². The first kappa shape index (κ1) is 16.7. The van der Waals surface area contributed by atoms with Crippen molar-refractivity contribution in [3.63, 3.8) is 0 Å². The van der Waals surface area contributed by atoms with Gasteiger partial charge in [0.2, 0.25) is 0 Å². The fourth-order valence-corrected chi connectivity index (χ4v) is 2.90. The molecule has 1 aromatic carbocycles. The van der Waals surface area contributed by atoms with Crippen molar-refractivity contribution in [1.29, 1.82) is 0 Å². The van der Waals surface area contributed by atoms with E-state index in [0.717, 1.165) is 0 Å². The maximum absolute atomic E-state index is 11.0. The van der Waals surface area contributed by atoms with E-state index in [1.165, 1.54) is 0 Å². The average molecular weight is 328 g/mol. The van der Waals surface area contributed by atoms with E-state index in [-0.39, 0.29) is 21.5 Å². The normalized spacial score (nSPS) is 15.5. The summed E-state index contributed by atoms with van der Waals surface area (Å²) in [5, 5.41) is 15.6. The number of nitrogens with two attached hydrogens (primary N) is 1. The van der Waals surface area contributed by atoms with Gasteiger partial charge in [0.1, 0.15) is 12.2 Å². The molecule has 0 heterocycles. The molecule has 0 aliphatic rings. The highest BCUT2D eigenvalue weighted by molar-refractivity contribution is 7.84. The molecule has 5 nitrogen and oxygen atoms in total. The molecule has 0 bridgehead atoms. The van der Waals surface area contributed by atoms with Crippen LogP contribution in [0.4, 0.5) is 0 Å². The van der Waals surface area contributed by atoms with Crippen LogP contribution < -0.4 is 5.14 Å². The third kappa shape index (κ3) is 4.59.